The fourth-order valence-electron chi connectivity index (χ4n) is 1.32. The quantitative estimate of drug-likeness (QED) is 0.826. The SMILES string of the molecule is Cc1coc(SCc2ccc(CN)cc2)n1. The van der Waals surface area contributed by atoms with Crippen LogP contribution in [-0.4, -0.2) is 4.98 Å². The van der Waals surface area contributed by atoms with Crippen LogP contribution in [0, 0.1) is 6.92 Å². The molecular formula is C12H14N2OS. The van der Waals surface area contributed by atoms with Gasteiger partial charge < -0.3 is 10.2 Å². The van der Waals surface area contributed by atoms with E-state index in [4.69, 9.17) is 10.2 Å². The molecule has 0 radical (unpaired) electrons. The van der Waals surface area contributed by atoms with Gasteiger partial charge in [-0.1, -0.05) is 36.0 Å². The summed E-state index contributed by atoms with van der Waals surface area (Å²) in [5, 5.41) is 0.723. The largest absolute Gasteiger partial charge is 0.440 e. The van der Waals surface area contributed by atoms with Crippen molar-refractivity contribution in [3.05, 3.63) is 47.3 Å². The van der Waals surface area contributed by atoms with Crippen LogP contribution in [0.4, 0.5) is 0 Å². The van der Waals surface area contributed by atoms with E-state index in [1.165, 1.54) is 5.56 Å². The molecule has 1 aromatic carbocycles. The summed E-state index contributed by atoms with van der Waals surface area (Å²) >= 11 is 1.60. The van der Waals surface area contributed by atoms with Gasteiger partial charge in [-0.15, -0.1) is 0 Å². The molecule has 0 aliphatic heterocycles. The Kier molecular flexibility index (Phi) is 3.64. The van der Waals surface area contributed by atoms with Gasteiger partial charge in [0.25, 0.3) is 5.22 Å². The predicted molar refractivity (Wildman–Crippen MR) is 65.1 cm³/mol. The Labute approximate surface area is 99.1 Å². The van der Waals surface area contributed by atoms with E-state index in [2.05, 4.69) is 29.2 Å². The molecule has 16 heavy (non-hydrogen) atoms. The Balaban J connectivity index is 1.94. The Morgan fingerprint density at radius 3 is 2.50 bits per heavy atom. The van der Waals surface area contributed by atoms with E-state index in [1.54, 1.807) is 18.0 Å². The van der Waals surface area contributed by atoms with Crippen molar-refractivity contribution in [2.45, 2.75) is 24.4 Å². The van der Waals surface area contributed by atoms with E-state index in [0.717, 1.165) is 22.2 Å². The van der Waals surface area contributed by atoms with E-state index in [1.807, 2.05) is 6.92 Å². The lowest BCUT2D eigenvalue weighted by atomic mass is 10.1. The lowest BCUT2D eigenvalue weighted by molar-refractivity contribution is 0.454. The second-order valence-corrected chi connectivity index (χ2v) is 4.49. The summed E-state index contributed by atoms with van der Waals surface area (Å²) < 4.78 is 5.26. The second kappa shape index (κ2) is 5.18. The van der Waals surface area contributed by atoms with Crippen molar-refractivity contribution in [3.63, 3.8) is 0 Å². The van der Waals surface area contributed by atoms with Gasteiger partial charge in [-0.05, 0) is 18.1 Å². The highest BCUT2D eigenvalue weighted by Gasteiger charge is 2.02. The van der Waals surface area contributed by atoms with E-state index in [0.29, 0.717) is 6.54 Å². The van der Waals surface area contributed by atoms with Gasteiger partial charge in [0.05, 0.1) is 5.69 Å². The molecule has 0 bridgehead atoms. The van der Waals surface area contributed by atoms with E-state index in [-0.39, 0.29) is 0 Å². The molecule has 3 nitrogen and oxygen atoms in total. The number of hydrogen-bond acceptors (Lipinski definition) is 4. The summed E-state index contributed by atoms with van der Waals surface area (Å²) in [4.78, 5) is 4.24. The molecule has 1 aromatic heterocycles. The first-order valence-electron chi connectivity index (χ1n) is 5.11. The highest BCUT2D eigenvalue weighted by Crippen LogP contribution is 2.21. The van der Waals surface area contributed by atoms with Gasteiger partial charge in [-0.3, -0.25) is 0 Å². The molecule has 0 saturated heterocycles. The van der Waals surface area contributed by atoms with Gasteiger partial charge in [0.15, 0.2) is 0 Å². The lowest BCUT2D eigenvalue weighted by Gasteiger charge is -2.00. The molecule has 2 rings (SSSR count). The Hall–Kier alpha value is -1.26. The summed E-state index contributed by atoms with van der Waals surface area (Å²) in [6.45, 7) is 2.51. The Morgan fingerprint density at radius 1 is 1.25 bits per heavy atom. The number of nitrogens with zero attached hydrogens (tertiary/aromatic N) is 1. The first-order chi connectivity index (χ1) is 7.78. The molecule has 84 valence electrons. The van der Waals surface area contributed by atoms with Crippen molar-refractivity contribution in [3.8, 4) is 0 Å². The molecule has 0 atom stereocenters. The molecule has 4 heteroatoms. The molecule has 0 unspecified atom stereocenters. The molecular weight excluding hydrogens is 220 g/mol. The smallest absolute Gasteiger partial charge is 0.256 e. The van der Waals surface area contributed by atoms with Crippen LogP contribution in [0.2, 0.25) is 0 Å². The van der Waals surface area contributed by atoms with Crippen LogP contribution in [0.3, 0.4) is 0 Å². The zero-order chi connectivity index (χ0) is 11.4. The molecule has 2 aromatic rings. The van der Waals surface area contributed by atoms with Gasteiger partial charge in [0.2, 0.25) is 0 Å². The first-order valence-corrected chi connectivity index (χ1v) is 6.09. The van der Waals surface area contributed by atoms with Crippen molar-refractivity contribution in [1.29, 1.82) is 0 Å². The minimum absolute atomic E-state index is 0.590. The molecule has 0 aliphatic rings. The molecule has 1 heterocycles. The second-order valence-electron chi connectivity index (χ2n) is 3.56. The first kappa shape index (κ1) is 11.2. The van der Waals surface area contributed by atoms with Crippen LogP contribution in [0.1, 0.15) is 16.8 Å². The number of aryl methyl sites for hydroxylation is 1. The third kappa shape index (κ3) is 2.87. The Bertz CT molecular complexity index is 450. The van der Waals surface area contributed by atoms with E-state index < -0.39 is 0 Å². The summed E-state index contributed by atoms with van der Waals surface area (Å²) in [6, 6.07) is 8.28. The minimum Gasteiger partial charge on any atom is -0.440 e. The number of rotatable bonds is 4. The Morgan fingerprint density at radius 2 is 1.94 bits per heavy atom. The summed E-state index contributed by atoms with van der Waals surface area (Å²) in [5.74, 6) is 0.866. The van der Waals surface area contributed by atoms with Gasteiger partial charge in [0.1, 0.15) is 6.26 Å². The number of aromatic nitrogens is 1. The van der Waals surface area contributed by atoms with Crippen LogP contribution in [0.25, 0.3) is 0 Å². The third-order valence-corrected chi connectivity index (χ3v) is 3.13. The number of oxazole rings is 1. The van der Waals surface area contributed by atoms with Crippen molar-refractivity contribution in [2.24, 2.45) is 5.73 Å². The van der Waals surface area contributed by atoms with Crippen molar-refractivity contribution in [2.75, 3.05) is 0 Å². The topological polar surface area (TPSA) is 52.0 Å². The van der Waals surface area contributed by atoms with Crippen LogP contribution >= 0.6 is 11.8 Å². The van der Waals surface area contributed by atoms with Crippen molar-refractivity contribution >= 4 is 11.8 Å². The molecule has 0 fully saturated rings. The highest BCUT2D eigenvalue weighted by molar-refractivity contribution is 7.98. The average Bonchev–Trinajstić information content (AvgIpc) is 2.73. The maximum absolute atomic E-state index is 5.54. The van der Waals surface area contributed by atoms with Gasteiger partial charge in [-0.25, -0.2) is 4.98 Å². The zero-order valence-electron chi connectivity index (χ0n) is 9.14. The highest BCUT2D eigenvalue weighted by atomic mass is 32.2. The van der Waals surface area contributed by atoms with Crippen LogP contribution in [-0.2, 0) is 12.3 Å². The van der Waals surface area contributed by atoms with E-state index in [9.17, 15) is 0 Å². The molecule has 0 amide bonds. The standard InChI is InChI=1S/C12H14N2OS/c1-9-7-15-12(14-9)16-8-11-4-2-10(6-13)3-5-11/h2-5,7H,6,8,13H2,1H3. The molecule has 2 N–H and O–H groups in total. The van der Waals surface area contributed by atoms with Crippen LogP contribution in [0.15, 0.2) is 40.2 Å². The zero-order valence-corrected chi connectivity index (χ0v) is 9.96. The molecule has 0 saturated carbocycles. The monoisotopic (exact) mass is 234 g/mol. The number of thioether (sulfide) groups is 1. The minimum atomic E-state index is 0.590. The van der Waals surface area contributed by atoms with Crippen LogP contribution in [0.5, 0.6) is 0 Å². The third-order valence-electron chi connectivity index (χ3n) is 2.22. The van der Waals surface area contributed by atoms with Gasteiger partial charge >= 0.3 is 0 Å². The summed E-state index contributed by atoms with van der Waals surface area (Å²) in [6.07, 6.45) is 1.67. The van der Waals surface area contributed by atoms with Crippen molar-refractivity contribution in [1.82, 2.24) is 4.98 Å². The normalized spacial score (nSPS) is 10.6. The molecule has 0 aliphatic carbocycles. The predicted octanol–water partition coefficient (Wildman–Crippen LogP) is 2.73. The number of benzene rings is 1. The lowest BCUT2D eigenvalue weighted by Crippen LogP contribution is -1.95. The van der Waals surface area contributed by atoms with Crippen molar-refractivity contribution < 1.29 is 4.42 Å². The maximum Gasteiger partial charge on any atom is 0.256 e. The van der Waals surface area contributed by atoms with Gasteiger partial charge in [-0.2, -0.15) is 0 Å². The fourth-order valence-corrected chi connectivity index (χ4v) is 2.12. The summed E-state index contributed by atoms with van der Waals surface area (Å²) in [5.41, 5.74) is 8.86. The summed E-state index contributed by atoms with van der Waals surface area (Å²) in [7, 11) is 0. The maximum atomic E-state index is 5.54. The molecule has 0 spiro atoms. The van der Waals surface area contributed by atoms with E-state index >= 15 is 0 Å². The van der Waals surface area contributed by atoms with Crippen LogP contribution < -0.4 is 5.73 Å². The van der Waals surface area contributed by atoms with Gasteiger partial charge in [0, 0.05) is 12.3 Å². The average molecular weight is 234 g/mol. The number of hydrogen-bond donors (Lipinski definition) is 1. The number of nitrogens with two attached hydrogens (primary N) is 1. The fraction of sp³-hybridized carbons (Fsp3) is 0.250.